The van der Waals surface area contributed by atoms with Crippen molar-refractivity contribution < 1.29 is 8.42 Å². The smallest absolute Gasteiger partial charge is 0.241 e. The Labute approximate surface area is 222 Å². The topological polar surface area (TPSA) is 58.2 Å². The lowest BCUT2D eigenvalue weighted by Crippen LogP contribution is -2.39. The van der Waals surface area contributed by atoms with Crippen molar-refractivity contribution in [2.75, 3.05) is 6.54 Å². The summed E-state index contributed by atoms with van der Waals surface area (Å²) < 4.78 is 30.0. The molecule has 1 aliphatic carbocycles. The van der Waals surface area contributed by atoms with Gasteiger partial charge in [-0.2, -0.15) is 0 Å². The lowest BCUT2D eigenvalue weighted by Gasteiger charge is -2.30. The Kier molecular flexibility index (Phi) is 9.51. The molecule has 5 heteroatoms. The van der Waals surface area contributed by atoms with Crippen molar-refractivity contribution in [1.29, 1.82) is 0 Å². The van der Waals surface area contributed by atoms with E-state index in [-0.39, 0.29) is 10.9 Å². The van der Waals surface area contributed by atoms with E-state index in [9.17, 15) is 8.42 Å². The molecule has 4 nitrogen and oxygen atoms in total. The van der Waals surface area contributed by atoms with Crippen LogP contribution in [-0.2, 0) is 10.0 Å². The van der Waals surface area contributed by atoms with Crippen LogP contribution in [0.3, 0.4) is 0 Å². The molecule has 0 unspecified atom stereocenters. The van der Waals surface area contributed by atoms with Crippen LogP contribution in [0.5, 0.6) is 0 Å². The highest BCUT2D eigenvalue weighted by molar-refractivity contribution is 7.89. The summed E-state index contributed by atoms with van der Waals surface area (Å²) >= 11 is 0. The van der Waals surface area contributed by atoms with Crippen LogP contribution in [-0.4, -0.2) is 15.0 Å². The minimum Gasteiger partial charge on any atom is -0.308 e. The fourth-order valence-electron chi connectivity index (χ4n) is 4.75. The van der Waals surface area contributed by atoms with Crippen molar-refractivity contribution >= 4 is 10.0 Å². The number of sulfonamides is 1. The zero-order chi connectivity index (χ0) is 26.1. The van der Waals surface area contributed by atoms with E-state index in [4.69, 9.17) is 0 Å². The third-order valence-corrected chi connectivity index (χ3v) is 8.44. The SMILES string of the molecule is CC1=CCC(CCCCN[C@@H](c2ccccc2)[C@@H](NS(=O)(=O)c2ccc(C)cc2)c2ccccc2)=CC1. The van der Waals surface area contributed by atoms with Gasteiger partial charge in [0.05, 0.1) is 17.0 Å². The summed E-state index contributed by atoms with van der Waals surface area (Å²) in [4.78, 5) is 0.274. The van der Waals surface area contributed by atoms with E-state index < -0.39 is 16.1 Å². The molecule has 0 radical (unpaired) electrons. The van der Waals surface area contributed by atoms with E-state index in [0.717, 1.165) is 55.3 Å². The maximum atomic E-state index is 13.5. The predicted molar refractivity (Wildman–Crippen MR) is 153 cm³/mol. The standard InChI is InChI=1S/C32H38N2O2S/c1-25-16-20-27(21-17-25)11-9-10-24-33-31(28-12-5-3-6-13-28)32(29-14-7-4-8-15-29)34-37(35,36)30-22-18-26(2)19-23-30/h3-8,12-16,18-19,21-23,31-34H,9-11,17,20,24H2,1-2H3/t31-,32-/m0/s1. The van der Waals surface area contributed by atoms with Crippen LogP contribution in [0.1, 0.15) is 67.8 Å². The molecule has 4 rings (SSSR count). The number of rotatable bonds is 12. The highest BCUT2D eigenvalue weighted by Gasteiger charge is 2.29. The van der Waals surface area contributed by atoms with Gasteiger partial charge in [-0.05, 0) is 75.8 Å². The number of aryl methyl sites for hydroxylation is 1. The lowest BCUT2D eigenvalue weighted by atomic mass is 9.93. The van der Waals surface area contributed by atoms with Gasteiger partial charge >= 0.3 is 0 Å². The molecule has 3 aromatic carbocycles. The third-order valence-electron chi connectivity index (χ3n) is 6.98. The van der Waals surface area contributed by atoms with Gasteiger partial charge in [0.15, 0.2) is 0 Å². The Hall–Kier alpha value is -2.99. The first-order chi connectivity index (χ1) is 17.9. The maximum absolute atomic E-state index is 13.5. The summed E-state index contributed by atoms with van der Waals surface area (Å²) in [5, 5.41) is 3.70. The molecule has 0 aromatic heterocycles. The van der Waals surface area contributed by atoms with Gasteiger partial charge in [-0.25, -0.2) is 13.1 Å². The van der Waals surface area contributed by atoms with Crippen LogP contribution in [0.4, 0.5) is 0 Å². The molecular weight excluding hydrogens is 476 g/mol. The largest absolute Gasteiger partial charge is 0.308 e. The average molecular weight is 515 g/mol. The zero-order valence-electron chi connectivity index (χ0n) is 21.9. The second-order valence-electron chi connectivity index (χ2n) is 9.94. The highest BCUT2D eigenvalue weighted by Crippen LogP contribution is 2.31. The normalized spacial score (nSPS) is 15.5. The highest BCUT2D eigenvalue weighted by atomic mass is 32.2. The Morgan fingerprint density at radius 3 is 1.95 bits per heavy atom. The Bertz CT molecular complexity index is 1300. The molecule has 0 saturated heterocycles. The van der Waals surface area contributed by atoms with Crippen LogP contribution in [0.2, 0.25) is 0 Å². The number of nitrogens with one attached hydrogen (secondary N) is 2. The van der Waals surface area contributed by atoms with Crippen LogP contribution in [0.15, 0.2) is 113 Å². The molecule has 0 heterocycles. The monoisotopic (exact) mass is 514 g/mol. The van der Waals surface area contributed by atoms with Crippen LogP contribution in [0, 0.1) is 6.92 Å². The lowest BCUT2D eigenvalue weighted by molar-refractivity contribution is 0.417. The van der Waals surface area contributed by atoms with Crippen LogP contribution in [0.25, 0.3) is 0 Å². The summed E-state index contributed by atoms with van der Waals surface area (Å²) in [5.41, 5.74) is 5.99. The molecular formula is C32H38N2O2S. The van der Waals surface area contributed by atoms with Gasteiger partial charge in [0.2, 0.25) is 10.0 Å². The number of benzene rings is 3. The summed E-state index contributed by atoms with van der Waals surface area (Å²) in [6.45, 7) is 4.95. The third kappa shape index (κ3) is 7.75. The van der Waals surface area contributed by atoms with E-state index in [0.29, 0.717) is 0 Å². The van der Waals surface area contributed by atoms with Gasteiger partial charge < -0.3 is 5.32 Å². The number of allylic oxidation sites excluding steroid dienone is 4. The summed E-state index contributed by atoms with van der Waals surface area (Å²) in [6, 6.07) is 26.3. The minimum atomic E-state index is -3.73. The van der Waals surface area contributed by atoms with Gasteiger partial charge in [-0.1, -0.05) is 102 Å². The first-order valence-electron chi connectivity index (χ1n) is 13.2. The van der Waals surface area contributed by atoms with E-state index in [1.54, 1.807) is 12.1 Å². The summed E-state index contributed by atoms with van der Waals surface area (Å²) in [5.74, 6) is 0. The zero-order valence-corrected chi connectivity index (χ0v) is 22.7. The first-order valence-corrected chi connectivity index (χ1v) is 14.7. The fraction of sp³-hybridized carbons (Fsp3) is 0.312. The van der Waals surface area contributed by atoms with Crippen LogP contribution < -0.4 is 10.0 Å². The molecule has 0 fully saturated rings. The minimum absolute atomic E-state index is 0.219. The van der Waals surface area contributed by atoms with Crippen molar-refractivity contribution in [3.05, 3.63) is 125 Å². The van der Waals surface area contributed by atoms with Gasteiger partial charge in [-0.3, -0.25) is 0 Å². The van der Waals surface area contributed by atoms with Crippen molar-refractivity contribution in [3.63, 3.8) is 0 Å². The quantitative estimate of drug-likeness (QED) is 0.199. The molecule has 3 aromatic rings. The van der Waals surface area contributed by atoms with Crippen molar-refractivity contribution in [1.82, 2.24) is 10.0 Å². The number of unbranched alkanes of at least 4 members (excludes halogenated alkanes) is 1. The molecule has 0 bridgehead atoms. The predicted octanol–water partition coefficient (Wildman–Crippen LogP) is 7.18. The molecule has 1 aliphatic rings. The Balaban J connectivity index is 1.53. The average Bonchev–Trinajstić information content (AvgIpc) is 2.92. The van der Waals surface area contributed by atoms with Gasteiger partial charge in [0.1, 0.15) is 0 Å². The molecule has 37 heavy (non-hydrogen) atoms. The molecule has 0 amide bonds. The molecule has 0 spiro atoms. The number of hydrogen-bond acceptors (Lipinski definition) is 3. The van der Waals surface area contributed by atoms with Crippen molar-refractivity contribution in [2.24, 2.45) is 0 Å². The van der Waals surface area contributed by atoms with Gasteiger partial charge in [0, 0.05) is 0 Å². The second kappa shape index (κ2) is 13.0. The number of hydrogen-bond donors (Lipinski definition) is 2. The molecule has 2 atom stereocenters. The Morgan fingerprint density at radius 1 is 0.730 bits per heavy atom. The Morgan fingerprint density at radius 2 is 1.35 bits per heavy atom. The van der Waals surface area contributed by atoms with E-state index in [2.05, 4.69) is 41.2 Å². The van der Waals surface area contributed by atoms with Gasteiger partial charge in [-0.15, -0.1) is 0 Å². The first kappa shape index (κ1) is 27.1. The fourth-order valence-corrected chi connectivity index (χ4v) is 5.98. The summed E-state index contributed by atoms with van der Waals surface area (Å²) in [7, 11) is -3.73. The summed E-state index contributed by atoms with van der Waals surface area (Å²) in [6.07, 6.45) is 10.1. The van der Waals surface area contributed by atoms with E-state index in [1.165, 1.54) is 11.1 Å². The molecule has 0 aliphatic heterocycles. The molecule has 0 saturated carbocycles. The van der Waals surface area contributed by atoms with E-state index in [1.807, 2.05) is 67.6 Å². The van der Waals surface area contributed by atoms with E-state index >= 15 is 0 Å². The molecule has 2 N–H and O–H groups in total. The maximum Gasteiger partial charge on any atom is 0.241 e. The van der Waals surface area contributed by atoms with Crippen LogP contribution >= 0.6 is 0 Å². The molecule has 194 valence electrons. The van der Waals surface area contributed by atoms with Gasteiger partial charge in [0.25, 0.3) is 0 Å². The van der Waals surface area contributed by atoms with Crippen molar-refractivity contribution in [3.8, 4) is 0 Å². The van der Waals surface area contributed by atoms with Crippen molar-refractivity contribution in [2.45, 2.75) is 62.9 Å². The second-order valence-corrected chi connectivity index (χ2v) is 11.7.